The Bertz CT molecular complexity index is 1340. The molecule has 2 aliphatic carbocycles. The van der Waals surface area contributed by atoms with Gasteiger partial charge in [0.05, 0.1) is 12.2 Å². The zero-order valence-electron chi connectivity index (χ0n) is 22.8. The molecular weight excluding hydrogens is 506 g/mol. The van der Waals surface area contributed by atoms with Crippen LogP contribution in [0, 0.1) is 22.7 Å². The zero-order chi connectivity index (χ0) is 28.3. The van der Waals surface area contributed by atoms with Crippen LogP contribution in [0.1, 0.15) is 65.5 Å². The molecule has 2 fully saturated rings. The summed E-state index contributed by atoms with van der Waals surface area (Å²) in [6, 6.07) is 5.02. The molecule has 0 spiro atoms. The summed E-state index contributed by atoms with van der Waals surface area (Å²) < 4.78 is 23.2. The molecule has 0 radical (unpaired) electrons. The number of aliphatic hydroxyl groups excluding tert-OH is 2. The Labute approximate surface area is 226 Å². The second-order valence-corrected chi connectivity index (χ2v) is 11.9. The third-order valence-electron chi connectivity index (χ3n) is 9.45. The van der Waals surface area contributed by atoms with Gasteiger partial charge in [0.15, 0.2) is 0 Å². The van der Waals surface area contributed by atoms with Crippen LogP contribution < -0.4 is 10.4 Å². The first-order chi connectivity index (χ1) is 18.3. The summed E-state index contributed by atoms with van der Waals surface area (Å²) in [5.41, 5.74) is -2.94. The number of aliphatic hydroxyl groups is 2. The number of hydrogen-bond acceptors (Lipinski definition) is 10. The minimum absolute atomic E-state index is 0.00277. The number of nitrogens with zero attached hydrogens (tertiary/aromatic N) is 1. The molecule has 3 heterocycles. The van der Waals surface area contributed by atoms with Crippen molar-refractivity contribution in [2.24, 2.45) is 22.7 Å². The van der Waals surface area contributed by atoms with E-state index in [1.54, 1.807) is 37.5 Å². The van der Waals surface area contributed by atoms with Crippen LogP contribution in [0.2, 0.25) is 0 Å². The summed E-state index contributed by atoms with van der Waals surface area (Å²) in [6.45, 7) is 8.28. The van der Waals surface area contributed by atoms with Crippen LogP contribution in [0.4, 0.5) is 0 Å². The van der Waals surface area contributed by atoms with Gasteiger partial charge in [-0.15, -0.1) is 0 Å². The Morgan fingerprint density at radius 2 is 1.92 bits per heavy atom. The summed E-state index contributed by atoms with van der Waals surface area (Å²) in [5, 5.41) is 23.5. The smallest absolute Gasteiger partial charge is 0.345 e. The van der Waals surface area contributed by atoms with Crippen molar-refractivity contribution in [1.29, 1.82) is 0 Å². The Morgan fingerprint density at radius 3 is 2.56 bits per heavy atom. The van der Waals surface area contributed by atoms with Gasteiger partial charge in [0.25, 0.3) is 0 Å². The van der Waals surface area contributed by atoms with E-state index in [9.17, 15) is 24.6 Å². The Hall–Kier alpha value is -3.24. The van der Waals surface area contributed by atoms with E-state index in [2.05, 4.69) is 4.98 Å². The number of aromatic nitrogens is 1. The fourth-order valence-corrected chi connectivity index (χ4v) is 7.69. The Balaban J connectivity index is 1.61. The minimum Gasteiger partial charge on any atom is -0.484 e. The average Bonchev–Trinajstić information content (AvgIpc) is 2.86. The number of hydrogen-bond donors (Lipinski definition) is 2. The van der Waals surface area contributed by atoms with E-state index in [4.69, 9.17) is 18.6 Å². The van der Waals surface area contributed by atoms with Crippen LogP contribution in [0.25, 0.3) is 11.3 Å². The molecule has 39 heavy (non-hydrogen) atoms. The van der Waals surface area contributed by atoms with Crippen molar-refractivity contribution >= 4 is 11.9 Å². The topological polar surface area (TPSA) is 145 Å². The highest BCUT2D eigenvalue weighted by Crippen LogP contribution is 2.67. The second-order valence-electron chi connectivity index (χ2n) is 11.9. The van der Waals surface area contributed by atoms with Crippen molar-refractivity contribution in [2.45, 2.75) is 77.8 Å². The average molecular weight is 542 g/mol. The predicted octanol–water partition coefficient (Wildman–Crippen LogP) is 3.18. The highest BCUT2D eigenvalue weighted by atomic mass is 16.6. The number of pyridine rings is 1. The van der Waals surface area contributed by atoms with E-state index >= 15 is 0 Å². The van der Waals surface area contributed by atoms with Gasteiger partial charge < -0.3 is 28.8 Å². The lowest BCUT2D eigenvalue weighted by Crippen LogP contribution is -2.71. The van der Waals surface area contributed by atoms with Gasteiger partial charge >= 0.3 is 17.6 Å². The number of carbonyl (C=O) groups is 2. The van der Waals surface area contributed by atoms with E-state index in [0.717, 1.165) is 0 Å². The highest BCUT2D eigenvalue weighted by molar-refractivity contribution is 5.67. The molecule has 0 bridgehead atoms. The quantitative estimate of drug-likeness (QED) is 0.554. The fourth-order valence-electron chi connectivity index (χ4n) is 7.69. The van der Waals surface area contributed by atoms with E-state index < -0.39 is 58.2 Å². The van der Waals surface area contributed by atoms with Crippen molar-refractivity contribution in [3.05, 3.63) is 46.6 Å². The van der Waals surface area contributed by atoms with Crippen LogP contribution >= 0.6 is 0 Å². The summed E-state index contributed by atoms with van der Waals surface area (Å²) in [6.07, 6.45) is 1.46. The van der Waals surface area contributed by atoms with Crippen molar-refractivity contribution in [3.63, 3.8) is 0 Å². The number of ether oxygens (including phenoxy) is 3. The predicted molar refractivity (Wildman–Crippen MR) is 137 cm³/mol. The second kappa shape index (κ2) is 9.45. The molecule has 2 unspecified atom stereocenters. The third kappa shape index (κ3) is 4.24. The Kier molecular flexibility index (Phi) is 6.62. The van der Waals surface area contributed by atoms with E-state index in [-0.39, 0.29) is 36.0 Å². The molecule has 2 aromatic heterocycles. The molecule has 0 amide bonds. The normalized spacial score (nSPS) is 36.9. The van der Waals surface area contributed by atoms with Gasteiger partial charge in [-0.25, -0.2) is 4.79 Å². The third-order valence-corrected chi connectivity index (χ3v) is 9.45. The lowest BCUT2D eigenvalue weighted by atomic mass is 9.42. The first-order valence-corrected chi connectivity index (χ1v) is 13.3. The number of fused-ring (bicyclic) bond motifs is 4. The van der Waals surface area contributed by atoms with Crippen LogP contribution in [0.3, 0.4) is 0 Å². The van der Waals surface area contributed by atoms with Gasteiger partial charge in [-0.1, -0.05) is 13.8 Å². The van der Waals surface area contributed by atoms with E-state index in [0.29, 0.717) is 18.4 Å². The molecule has 8 atom stereocenters. The SMILES string of the molecule is CC(=O)OC[C@]1(C)C2C[C@H](O)[C@@]3(C)Oc4cc(-c5cccnc5)oc(=O)c4[C@H](O)C3[C@@]2(C)CC[C@@H]1OC(C)=O. The van der Waals surface area contributed by atoms with Crippen molar-refractivity contribution in [2.75, 3.05) is 6.61 Å². The minimum atomic E-state index is -1.30. The van der Waals surface area contributed by atoms with E-state index in [1.165, 1.54) is 13.8 Å². The lowest BCUT2D eigenvalue weighted by molar-refractivity contribution is -0.267. The van der Waals surface area contributed by atoms with Gasteiger partial charge in [0.1, 0.15) is 35.4 Å². The van der Waals surface area contributed by atoms with Crippen molar-refractivity contribution < 1.29 is 38.4 Å². The standard InChI is InChI=1S/C29H35NO9/c1-15(31)36-14-28(4)20-12-21(33)29(5)25(27(20,3)9-8-22(28)37-16(2)32)24(34)23-19(39-29)11-18(38-26(23)35)17-7-6-10-30-13-17/h6-7,10-11,13,20-22,24-25,33-34H,8-9,12,14H2,1-5H3/t20?,21-,22-,24-,25?,27-,28+,29+/m0/s1. The number of esters is 2. The monoisotopic (exact) mass is 541 g/mol. The summed E-state index contributed by atoms with van der Waals surface area (Å²) in [7, 11) is 0. The molecule has 5 rings (SSSR count). The molecule has 2 aromatic rings. The van der Waals surface area contributed by atoms with Crippen molar-refractivity contribution in [1.82, 2.24) is 4.98 Å². The molecular formula is C29H35NO9. The molecule has 3 aliphatic rings. The van der Waals surface area contributed by atoms with Crippen LogP contribution in [-0.4, -0.2) is 51.6 Å². The van der Waals surface area contributed by atoms with Crippen LogP contribution in [-0.2, 0) is 19.1 Å². The van der Waals surface area contributed by atoms with E-state index in [1.807, 2.05) is 13.8 Å². The van der Waals surface area contributed by atoms with Gasteiger partial charge in [-0.3, -0.25) is 14.6 Å². The molecule has 210 valence electrons. The zero-order valence-corrected chi connectivity index (χ0v) is 22.8. The maximum absolute atomic E-state index is 13.3. The molecule has 10 nitrogen and oxygen atoms in total. The molecule has 0 saturated heterocycles. The maximum Gasteiger partial charge on any atom is 0.345 e. The first-order valence-electron chi connectivity index (χ1n) is 13.3. The van der Waals surface area contributed by atoms with Gasteiger partial charge in [0, 0.05) is 49.2 Å². The van der Waals surface area contributed by atoms with Crippen LogP contribution in [0.15, 0.2) is 39.8 Å². The summed E-state index contributed by atoms with van der Waals surface area (Å²) >= 11 is 0. The van der Waals surface area contributed by atoms with Crippen molar-refractivity contribution in [3.8, 4) is 17.1 Å². The molecule has 1 aliphatic heterocycles. The highest BCUT2D eigenvalue weighted by Gasteiger charge is 2.69. The fraction of sp³-hybridized carbons (Fsp3) is 0.586. The molecule has 0 aromatic carbocycles. The largest absolute Gasteiger partial charge is 0.484 e. The first kappa shape index (κ1) is 27.3. The number of rotatable bonds is 4. The van der Waals surface area contributed by atoms with Crippen LogP contribution in [0.5, 0.6) is 5.75 Å². The van der Waals surface area contributed by atoms with Gasteiger partial charge in [-0.05, 0) is 49.7 Å². The molecule has 10 heteroatoms. The number of carbonyl (C=O) groups excluding carboxylic acids is 2. The Morgan fingerprint density at radius 1 is 1.18 bits per heavy atom. The summed E-state index contributed by atoms with van der Waals surface area (Å²) in [4.78, 5) is 41.1. The lowest BCUT2D eigenvalue weighted by Gasteiger charge is -2.66. The summed E-state index contributed by atoms with van der Waals surface area (Å²) in [5.74, 6) is -1.58. The van der Waals surface area contributed by atoms with Gasteiger partial charge in [0.2, 0.25) is 0 Å². The molecule has 2 saturated carbocycles. The maximum atomic E-state index is 13.3. The molecule has 2 N–H and O–H groups in total. The van der Waals surface area contributed by atoms with Gasteiger partial charge in [-0.2, -0.15) is 0 Å².